The van der Waals surface area contributed by atoms with Gasteiger partial charge < -0.3 is 10.3 Å². The lowest BCUT2D eigenvalue weighted by Crippen LogP contribution is -2.12. The van der Waals surface area contributed by atoms with Crippen LogP contribution in [0.4, 0.5) is 4.39 Å². The number of nitrogens with one attached hydrogen (secondary N) is 2. The molecule has 0 atom stereocenters. The van der Waals surface area contributed by atoms with E-state index in [2.05, 4.69) is 51.7 Å². The SMILES string of the molecule is Fc1cccc(-c2cccc3[nH]c(C4=NCCCc5ncc(-c6cncc(CNCc7ccccc7)c6)cc54)nc23)c1. The third-order valence-corrected chi connectivity index (χ3v) is 7.57. The van der Waals surface area contributed by atoms with Gasteiger partial charge in [0.2, 0.25) is 0 Å². The molecule has 1 aliphatic rings. The first-order chi connectivity index (χ1) is 20.7. The number of pyridine rings is 2. The van der Waals surface area contributed by atoms with Crippen LogP contribution in [0.15, 0.2) is 109 Å². The van der Waals surface area contributed by atoms with E-state index in [4.69, 9.17) is 15.0 Å². The Morgan fingerprint density at radius 1 is 0.762 bits per heavy atom. The van der Waals surface area contributed by atoms with Gasteiger partial charge in [-0.05, 0) is 59.9 Å². The van der Waals surface area contributed by atoms with Crippen molar-refractivity contribution in [2.45, 2.75) is 25.9 Å². The minimum atomic E-state index is -0.272. The molecule has 0 spiro atoms. The summed E-state index contributed by atoms with van der Waals surface area (Å²) in [5, 5.41) is 3.51. The Morgan fingerprint density at radius 2 is 1.62 bits per heavy atom. The lowest BCUT2D eigenvalue weighted by molar-refractivity contribution is 0.628. The number of halogens is 1. The molecule has 0 aliphatic carbocycles. The Balaban J connectivity index is 1.21. The van der Waals surface area contributed by atoms with Crippen LogP contribution in [0, 0.1) is 5.82 Å². The summed E-state index contributed by atoms with van der Waals surface area (Å²) in [4.78, 5) is 22.9. The number of nitrogens with zero attached hydrogens (tertiary/aromatic N) is 4. The van der Waals surface area contributed by atoms with Gasteiger partial charge in [0.05, 0.1) is 11.0 Å². The minimum absolute atomic E-state index is 0.272. The molecular formula is C35H29FN6. The molecule has 6 aromatic rings. The normalized spacial score (nSPS) is 13.0. The largest absolute Gasteiger partial charge is 0.337 e. The topological polar surface area (TPSA) is 78.8 Å². The summed E-state index contributed by atoms with van der Waals surface area (Å²) < 4.78 is 14.0. The number of fused-ring (bicyclic) bond motifs is 2. The zero-order valence-electron chi connectivity index (χ0n) is 23.0. The van der Waals surface area contributed by atoms with E-state index in [-0.39, 0.29) is 5.82 Å². The molecule has 0 saturated heterocycles. The number of benzene rings is 3. The Kier molecular flexibility index (Phi) is 7.08. The van der Waals surface area contributed by atoms with E-state index in [1.807, 2.05) is 48.9 Å². The van der Waals surface area contributed by atoms with Gasteiger partial charge in [0, 0.05) is 66.2 Å². The van der Waals surface area contributed by atoms with Crippen molar-refractivity contribution < 1.29 is 4.39 Å². The van der Waals surface area contributed by atoms with Crippen LogP contribution in [0.1, 0.15) is 34.6 Å². The summed E-state index contributed by atoms with van der Waals surface area (Å²) >= 11 is 0. The predicted octanol–water partition coefficient (Wildman–Crippen LogP) is 6.90. The van der Waals surface area contributed by atoms with Crippen molar-refractivity contribution in [3.63, 3.8) is 0 Å². The average Bonchev–Trinajstić information content (AvgIpc) is 3.35. The van der Waals surface area contributed by atoms with E-state index in [1.54, 1.807) is 6.07 Å². The molecule has 1 aliphatic heterocycles. The number of rotatable bonds is 7. The molecule has 0 fully saturated rings. The van der Waals surface area contributed by atoms with Gasteiger partial charge in [0.1, 0.15) is 11.5 Å². The van der Waals surface area contributed by atoms with Crippen molar-refractivity contribution >= 4 is 16.7 Å². The quantitative estimate of drug-likeness (QED) is 0.226. The monoisotopic (exact) mass is 552 g/mol. The number of para-hydroxylation sites is 1. The van der Waals surface area contributed by atoms with Crippen LogP contribution >= 0.6 is 0 Å². The van der Waals surface area contributed by atoms with Gasteiger partial charge in [-0.1, -0.05) is 54.6 Å². The van der Waals surface area contributed by atoms with Crippen LogP contribution in [0.3, 0.4) is 0 Å². The van der Waals surface area contributed by atoms with E-state index in [1.165, 1.54) is 17.7 Å². The summed E-state index contributed by atoms with van der Waals surface area (Å²) in [6, 6.07) is 27.2. The first kappa shape index (κ1) is 25.9. The third-order valence-electron chi connectivity index (χ3n) is 7.57. The number of aromatic nitrogens is 4. The van der Waals surface area contributed by atoms with Crippen molar-refractivity contribution in [3.8, 4) is 22.3 Å². The maximum Gasteiger partial charge on any atom is 0.157 e. The second-order valence-corrected chi connectivity index (χ2v) is 10.5. The number of hydrogen-bond acceptors (Lipinski definition) is 5. The lowest BCUT2D eigenvalue weighted by Gasteiger charge is -2.11. The van der Waals surface area contributed by atoms with E-state index in [0.717, 1.165) is 75.2 Å². The fourth-order valence-electron chi connectivity index (χ4n) is 5.50. The first-order valence-corrected chi connectivity index (χ1v) is 14.2. The highest BCUT2D eigenvalue weighted by atomic mass is 19.1. The van der Waals surface area contributed by atoms with Gasteiger partial charge in [-0.15, -0.1) is 0 Å². The second kappa shape index (κ2) is 11.5. The van der Waals surface area contributed by atoms with Crippen molar-refractivity contribution in [2.75, 3.05) is 6.54 Å². The average molecular weight is 553 g/mol. The van der Waals surface area contributed by atoms with Gasteiger partial charge in [0.25, 0.3) is 0 Å². The van der Waals surface area contributed by atoms with Crippen molar-refractivity contribution in [3.05, 3.63) is 138 Å². The summed E-state index contributed by atoms with van der Waals surface area (Å²) in [6.07, 6.45) is 7.47. The summed E-state index contributed by atoms with van der Waals surface area (Å²) in [6.45, 7) is 2.20. The van der Waals surface area contributed by atoms with Crippen LogP contribution in [-0.2, 0) is 19.5 Å². The smallest absolute Gasteiger partial charge is 0.157 e. The summed E-state index contributed by atoms with van der Waals surface area (Å²) in [5.74, 6) is 0.416. The lowest BCUT2D eigenvalue weighted by atomic mass is 10.00. The molecule has 42 heavy (non-hydrogen) atoms. The molecular weight excluding hydrogens is 523 g/mol. The standard InChI is InChI=1S/C35H29FN6/c36-28-10-4-9-25(16-28)29-11-5-12-32-33(29)42-35(41-32)34-30-17-27(22-40-31(30)13-6-14-39-34)26-15-24(20-38-21-26)19-37-18-23-7-2-1-3-8-23/h1-5,7-12,15-17,20-22,37H,6,13-14,18-19H2,(H,41,42). The van der Waals surface area contributed by atoms with Crippen LogP contribution in [0.2, 0.25) is 0 Å². The fourth-order valence-corrected chi connectivity index (χ4v) is 5.50. The molecule has 4 heterocycles. The maximum atomic E-state index is 14.0. The van der Waals surface area contributed by atoms with E-state index in [0.29, 0.717) is 18.9 Å². The molecule has 206 valence electrons. The van der Waals surface area contributed by atoms with Crippen LogP contribution in [0.5, 0.6) is 0 Å². The van der Waals surface area contributed by atoms with Gasteiger partial charge in [-0.3, -0.25) is 15.0 Å². The third kappa shape index (κ3) is 5.34. The molecule has 0 saturated carbocycles. The van der Waals surface area contributed by atoms with E-state index in [9.17, 15) is 4.39 Å². The van der Waals surface area contributed by atoms with E-state index < -0.39 is 0 Å². The number of aromatic amines is 1. The first-order valence-electron chi connectivity index (χ1n) is 14.2. The van der Waals surface area contributed by atoms with Crippen molar-refractivity contribution in [1.29, 1.82) is 0 Å². The van der Waals surface area contributed by atoms with Crippen molar-refractivity contribution in [2.24, 2.45) is 4.99 Å². The van der Waals surface area contributed by atoms with Gasteiger partial charge in [-0.2, -0.15) is 0 Å². The molecule has 0 bridgehead atoms. The van der Waals surface area contributed by atoms with Gasteiger partial charge >= 0.3 is 0 Å². The highest BCUT2D eigenvalue weighted by Gasteiger charge is 2.21. The van der Waals surface area contributed by atoms with Gasteiger partial charge in [-0.25, -0.2) is 9.37 Å². The molecule has 0 radical (unpaired) electrons. The molecule has 6 nitrogen and oxygen atoms in total. The molecule has 7 heteroatoms. The molecule has 3 aromatic heterocycles. The Bertz CT molecular complexity index is 1910. The van der Waals surface area contributed by atoms with Gasteiger partial charge in [0.15, 0.2) is 5.82 Å². The zero-order chi connectivity index (χ0) is 28.3. The molecule has 7 rings (SSSR count). The summed E-state index contributed by atoms with van der Waals surface area (Å²) in [5.41, 5.74) is 10.5. The Morgan fingerprint density at radius 3 is 2.52 bits per heavy atom. The Labute approximate surface area is 243 Å². The second-order valence-electron chi connectivity index (χ2n) is 10.5. The van der Waals surface area contributed by atoms with Crippen LogP contribution in [-0.4, -0.2) is 32.2 Å². The number of hydrogen-bond donors (Lipinski definition) is 2. The number of aliphatic imine (C=N–C) groups is 1. The molecule has 2 N–H and O–H groups in total. The molecule has 0 unspecified atom stereocenters. The van der Waals surface area contributed by atoms with E-state index >= 15 is 0 Å². The Hall–Kier alpha value is -5.01. The predicted molar refractivity (Wildman–Crippen MR) is 165 cm³/mol. The number of H-pyrrole nitrogens is 1. The molecule has 0 amide bonds. The number of aryl methyl sites for hydroxylation is 1. The van der Waals surface area contributed by atoms with Crippen molar-refractivity contribution in [1.82, 2.24) is 25.3 Å². The highest BCUT2D eigenvalue weighted by Crippen LogP contribution is 2.30. The summed E-state index contributed by atoms with van der Waals surface area (Å²) in [7, 11) is 0. The van der Waals surface area contributed by atoms with Crippen LogP contribution in [0.25, 0.3) is 33.3 Å². The number of imidazole rings is 1. The maximum absolute atomic E-state index is 14.0. The zero-order valence-corrected chi connectivity index (χ0v) is 23.0. The minimum Gasteiger partial charge on any atom is -0.337 e. The highest BCUT2D eigenvalue weighted by molar-refractivity contribution is 6.13. The van der Waals surface area contributed by atoms with Crippen LogP contribution < -0.4 is 5.32 Å². The molecule has 3 aromatic carbocycles. The fraction of sp³-hybridized carbons (Fsp3) is 0.143.